The van der Waals surface area contributed by atoms with Crippen LogP contribution in [0.5, 0.6) is 5.75 Å². The monoisotopic (exact) mass is 292 g/mol. The number of amides is 3. The van der Waals surface area contributed by atoms with Gasteiger partial charge in [-0.15, -0.1) is 0 Å². The number of urea groups is 1. The fourth-order valence-corrected chi connectivity index (χ4v) is 1.59. The van der Waals surface area contributed by atoms with Crippen LogP contribution in [0.15, 0.2) is 24.3 Å². The average molecular weight is 292 g/mol. The number of hydrogen-bond donors (Lipinski definition) is 2. The number of nitrogens with one attached hydrogen (secondary N) is 2. The summed E-state index contributed by atoms with van der Waals surface area (Å²) in [4.78, 5) is 33.4. The maximum atomic E-state index is 11.4. The van der Waals surface area contributed by atoms with Crippen molar-refractivity contribution in [2.24, 2.45) is 0 Å². The minimum atomic E-state index is -0.536. The number of imide groups is 1. The van der Waals surface area contributed by atoms with E-state index in [1.165, 1.54) is 0 Å². The summed E-state index contributed by atoms with van der Waals surface area (Å²) in [5.74, 6) is 0.173. The lowest BCUT2D eigenvalue weighted by Gasteiger charge is -2.07. The van der Waals surface area contributed by atoms with Crippen molar-refractivity contribution in [3.8, 4) is 5.75 Å². The smallest absolute Gasteiger partial charge is 0.321 e. The Balaban J connectivity index is 2.36. The molecule has 0 aliphatic rings. The summed E-state index contributed by atoms with van der Waals surface area (Å²) in [6.45, 7) is 3.53. The predicted molar refractivity (Wildman–Crippen MR) is 78.2 cm³/mol. The van der Waals surface area contributed by atoms with Crippen LogP contribution in [-0.2, 0) is 16.0 Å². The van der Waals surface area contributed by atoms with Gasteiger partial charge < -0.3 is 14.8 Å². The Bertz CT molecular complexity index is 497. The van der Waals surface area contributed by atoms with Gasteiger partial charge in [-0.2, -0.15) is 0 Å². The van der Waals surface area contributed by atoms with Gasteiger partial charge >= 0.3 is 6.03 Å². The number of carbonyl (C=O) groups excluding carboxylic acids is 3. The maximum Gasteiger partial charge on any atom is 0.321 e. The van der Waals surface area contributed by atoms with Crippen LogP contribution in [0.4, 0.5) is 4.79 Å². The van der Waals surface area contributed by atoms with Gasteiger partial charge in [-0.25, -0.2) is 4.79 Å². The quantitative estimate of drug-likeness (QED) is 0.796. The van der Waals surface area contributed by atoms with E-state index < -0.39 is 11.9 Å². The van der Waals surface area contributed by atoms with Crippen molar-refractivity contribution >= 4 is 17.7 Å². The first-order valence-electron chi connectivity index (χ1n) is 6.80. The first-order chi connectivity index (χ1) is 10.0. The van der Waals surface area contributed by atoms with E-state index in [-0.39, 0.29) is 12.4 Å². The van der Waals surface area contributed by atoms with Gasteiger partial charge in [0.1, 0.15) is 11.5 Å². The molecule has 0 spiro atoms. The van der Waals surface area contributed by atoms with Gasteiger partial charge in [0.25, 0.3) is 5.91 Å². The number of benzene rings is 1. The van der Waals surface area contributed by atoms with E-state index in [1.54, 1.807) is 26.0 Å². The van der Waals surface area contributed by atoms with Crippen LogP contribution in [0.1, 0.15) is 25.8 Å². The highest BCUT2D eigenvalue weighted by Gasteiger charge is 2.07. The van der Waals surface area contributed by atoms with E-state index in [2.05, 4.69) is 10.6 Å². The van der Waals surface area contributed by atoms with Gasteiger partial charge in [0.15, 0.2) is 6.61 Å². The third kappa shape index (κ3) is 7.10. The zero-order valence-electron chi connectivity index (χ0n) is 12.3. The number of hydrogen-bond acceptors (Lipinski definition) is 4. The fraction of sp³-hybridized carbons (Fsp3) is 0.400. The van der Waals surface area contributed by atoms with Crippen molar-refractivity contribution in [3.05, 3.63) is 29.8 Å². The van der Waals surface area contributed by atoms with Crippen LogP contribution in [0.25, 0.3) is 0 Å². The van der Waals surface area contributed by atoms with Gasteiger partial charge in [-0.3, -0.25) is 10.1 Å². The SMILES string of the molecule is CCNC(=O)NC(=O)COc1ccc(CCC(C)=O)cc1. The molecule has 0 unspecified atom stereocenters. The molecule has 114 valence electrons. The third-order valence-electron chi connectivity index (χ3n) is 2.65. The molecular weight excluding hydrogens is 272 g/mol. The predicted octanol–water partition coefficient (Wildman–Crippen LogP) is 1.43. The number of aryl methyl sites for hydroxylation is 1. The average Bonchev–Trinajstić information content (AvgIpc) is 2.44. The molecule has 0 radical (unpaired) electrons. The van der Waals surface area contributed by atoms with Gasteiger partial charge in [0.2, 0.25) is 0 Å². The van der Waals surface area contributed by atoms with Crippen LogP contribution >= 0.6 is 0 Å². The molecule has 0 atom stereocenters. The van der Waals surface area contributed by atoms with E-state index in [9.17, 15) is 14.4 Å². The molecule has 0 aliphatic carbocycles. The molecule has 0 bridgehead atoms. The highest BCUT2D eigenvalue weighted by Crippen LogP contribution is 2.13. The standard InChI is InChI=1S/C15H20N2O4/c1-3-16-15(20)17-14(19)10-21-13-8-6-12(7-9-13)5-4-11(2)18/h6-9H,3-5,10H2,1-2H3,(H2,16,17,19,20). The maximum absolute atomic E-state index is 11.4. The molecule has 6 nitrogen and oxygen atoms in total. The first-order valence-corrected chi connectivity index (χ1v) is 6.80. The third-order valence-corrected chi connectivity index (χ3v) is 2.65. The van der Waals surface area contributed by atoms with Gasteiger partial charge in [-0.05, 0) is 38.0 Å². The highest BCUT2D eigenvalue weighted by molar-refractivity contribution is 5.94. The van der Waals surface area contributed by atoms with E-state index in [1.807, 2.05) is 12.1 Å². The minimum absolute atomic E-state index is 0.150. The molecular formula is C15H20N2O4. The second kappa shape index (κ2) is 8.73. The van der Waals surface area contributed by atoms with E-state index in [0.717, 1.165) is 5.56 Å². The summed E-state index contributed by atoms with van der Waals surface area (Å²) in [5, 5.41) is 4.60. The van der Waals surface area contributed by atoms with Crippen molar-refractivity contribution in [1.29, 1.82) is 0 Å². The molecule has 1 aromatic carbocycles. The lowest BCUT2D eigenvalue weighted by molar-refractivity contribution is -0.122. The Morgan fingerprint density at radius 2 is 1.81 bits per heavy atom. The fourth-order valence-electron chi connectivity index (χ4n) is 1.59. The zero-order valence-corrected chi connectivity index (χ0v) is 12.3. The lowest BCUT2D eigenvalue weighted by Crippen LogP contribution is -2.41. The van der Waals surface area contributed by atoms with Crippen molar-refractivity contribution in [2.45, 2.75) is 26.7 Å². The molecule has 0 saturated carbocycles. The van der Waals surface area contributed by atoms with Gasteiger partial charge in [0.05, 0.1) is 0 Å². The number of ether oxygens (including phenoxy) is 1. The van der Waals surface area contributed by atoms with Gasteiger partial charge in [0, 0.05) is 13.0 Å². The molecule has 1 rings (SSSR count). The summed E-state index contributed by atoms with van der Waals surface area (Å²) >= 11 is 0. The van der Waals surface area contributed by atoms with Crippen LogP contribution in [0, 0.1) is 0 Å². The van der Waals surface area contributed by atoms with Crippen molar-refractivity contribution in [3.63, 3.8) is 0 Å². The number of Topliss-reactive ketones (excluding diaryl/α,β-unsaturated/α-hetero) is 1. The van der Waals surface area contributed by atoms with Crippen LogP contribution < -0.4 is 15.4 Å². The molecule has 0 heterocycles. The van der Waals surface area contributed by atoms with E-state index >= 15 is 0 Å². The largest absolute Gasteiger partial charge is 0.484 e. The first kappa shape index (κ1) is 16.7. The molecule has 0 aliphatic heterocycles. The Kier molecular flexibility index (Phi) is 6.94. The lowest BCUT2D eigenvalue weighted by atomic mass is 10.1. The summed E-state index contributed by atoms with van der Waals surface area (Å²) in [6, 6.07) is 6.62. The molecule has 21 heavy (non-hydrogen) atoms. The summed E-state index contributed by atoms with van der Waals surface area (Å²) in [7, 11) is 0. The second-order valence-electron chi connectivity index (χ2n) is 4.54. The second-order valence-corrected chi connectivity index (χ2v) is 4.54. The molecule has 6 heteroatoms. The minimum Gasteiger partial charge on any atom is -0.484 e. The van der Waals surface area contributed by atoms with E-state index in [0.29, 0.717) is 25.1 Å². The molecule has 2 N–H and O–H groups in total. The van der Waals surface area contributed by atoms with Crippen molar-refractivity contribution in [2.75, 3.05) is 13.2 Å². The number of ketones is 1. The van der Waals surface area contributed by atoms with Crippen LogP contribution in [0.2, 0.25) is 0 Å². The van der Waals surface area contributed by atoms with Crippen molar-refractivity contribution < 1.29 is 19.1 Å². The molecule has 0 aromatic heterocycles. The normalized spacial score (nSPS) is 9.81. The Labute approximate surface area is 123 Å². The Morgan fingerprint density at radius 3 is 2.38 bits per heavy atom. The summed E-state index contributed by atoms with van der Waals surface area (Å²) in [6.07, 6.45) is 1.20. The molecule has 3 amide bonds. The summed E-state index contributed by atoms with van der Waals surface area (Å²) in [5.41, 5.74) is 1.03. The Morgan fingerprint density at radius 1 is 1.14 bits per heavy atom. The topological polar surface area (TPSA) is 84.5 Å². The molecule has 0 saturated heterocycles. The molecule has 0 fully saturated rings. The van der Waals surface area contributed by atoms with Gasteiger partial charge in [-0.1, -0.05) is 12.1 Å². The summed E-state index contributed by atoms with van der Waals surface area (Å²) < 4.78 is 5.27. The zero-order chi connectivity index (χ0) is 15.7. The number of rotatable bonds is 7. The number of carbonyl (C=O) groups is 3. The van der Waals surface area contributed by atoms with Crippen LogP contribution in [0.3, 0.4) is 0 Å². The van der Waals surface area contributed by atoms with Crippen LogP contribution in [-0.4, -0.2) is 30.9 Å². The van der Waals surface area contributed by atoms with Crippen molar-refractivity contribution in [1.82, 2.24) is 10.6 Å². The van der Waals surface area contributed by atoms with E-state index in [4.69, 9.17) is 4.74 Å². The Hall–Kier alpha value is -2.37. The molecule has 1 aromatic rings. The highest BCUT2D eigenvalue weighted by atomic mass is 16.5.